The zero-order valence-corrected chi connectivity index (χ0v) is 11.2. The van der Waals surface area contributed by atoms with Gasteiger partial charge in [0.25, 0.3) is 11.5 Å². The van der Waals surface area contributed by atoms with Crippen molar-refractivity contribution >= 4 is 16.9 Å². The van der Waals surface area contributed by atoms with Crippen LogP contribution in [-0.4, -0.2) is 40.0 Å². The molecule has 0 radical (unpaired) electrons. The van der Waals surface area contributed by atoms with Gasteiger partial charge >= 0.3 is 5.69 Å². The maximum Gasteiger partial charge on any atom is 0.327 e. The molecule has 2 aromatic heterocycles. The van der Waals surface area contributed by atoms with Crippen LogP contribution in [0.15, 0.2) is 21.9 Å². The molecule has 1 aliphatic heterocycles. The molecule has 2 aromatic rings. The van der Waals surface area contributed by atoms with Gasteiger partial charge in [0.2, 0.25) is 0 Å². The lowest BCUT2D eigenvalue weighted by atomic mass is 10.2. The van der Waals surface area contributed by atoms with Crippen LogP contribution in [0.25, 0.3) is 11.0 Å². The standard InChI is InChI=1S/C13H15N5O3/c19-11(16-6-8-2-1-3-14-8)7-4-9-10(15-5-7)17-13(21)18-12(9)20/h4-5,8,14H,1-3,6H2,(H,16,19)(H2,15,17,18,20,21). The predicted molar refractivity (Wildman–Crippen MR) is 76.3 cm³/mol. The van der Waals surface area contributed by atoms with Gasteiger partial charge in [-0.05, 0) is 25.5 Å². The second-order valence-corrected chi connectivity index (χ2v) is 5.03. The van der Waals surface area contributed by atoms with Crippen LogP contribution in [0.2, 0.25) is 0 Å². The highest BCUT2D eigenvalue weighted by atomic mass is 16.2. The Bertz CT molecular complexity index is 788. The Hall–Kier alpha value is -2.48. The van der Waals surface area contributed by atoms with E-state index in [0.717, 1.165) is 19.4 Å². The largest absolute Gasteiger partial charge is 0.350 e. The van der Waals surface area contributed by atoms with Crippen LogP contribution in [0, 0.1) is 0 Å². The molecule has 1 saturated heterocycles. The van der Waals surface area contributed by atoms with E-state index in [0.29, 0.717) is 12.6 Å². The number of carbonyl (C=O) groups is 1. The molecule has 110 valence electrons. The molecule has 3 rings (SSSR count). The Labute approximate surface area is 119 Å². The third kappa shape index (κ3) is 2.84. The molecule has 0 saturated carbocycles. The lowest BCUT2D eigenvalue weighted by Crippen LogP contribution is -2.37. The maximum absolute atomic E-state index is 12.1. The van der Waals surface area contributed by atoms with Crippen molar-refractivity contribution in [2.45, 2.75) is 18.9 Å². The number of hydrogen-bond acceptors (Lipinski definition) is 5. The summed E-state index contributed by atoms with van der Waals surface area (Å²) in [6.45, 7) is 1.51. The number of aromatic amines is 2. The van der Waals surface area contributed by atoms with Gasteiger partial charge in [0.15, 0.2) is 0 Å². The SMILES string of the molecule is O=C(NCC1CCCN1)c1cnc2[nH]c(=O)[nH]c(=O)c2c1. The summed E-state index contributed by atoms with van der Waals surface area (Å²) in [5.74, 6) is -0.288. The van der Waals surface area contributed by atoms with E-state index in [1.165, 1.54) is 12.3 Å². The summed E-state index contributed by atoms with van der Waals surface area (Å²) in [5, 5.41) is 6.28. The lowest BCUT2D eigenvalue weighted by molar-refractivity contribution is 0.0950. The molecular formula is C13H15N5O3. The van der Waals surface area contributed by atoms with E-state index < -0.39 is 11.2 Å². The number of aromatic nitrogens is 3. The second-order valence-electron chi connectivity index (χ2n) is 5.03. The molecule has 0 aromatic carbocycles. The van der Waals surface area contributed by atoms with Crippen LogP contribution in [0.3, 0.4) is 0 Å². The van der Waals surface area contributed by atoms with Crippen LogP contribution in [0.1, 0.15) is 23.2 Å². The average molecular weight is 289 g/mol. The number of H-pyrrole nitrogens is 2. The van der Waals surface area contributed by atoms with Gasteiger partial charge in [-0.25, -0.2) is 9.78 Å². The van der Waals surface area contributed by atoms with Crippen molar-refractivity contribution in [3.63, 3.8) is 0 Å². The summed E-state index contributed by atoms with van der Waals surface area (Å²) < 4.78 is 0. The molecule has 1 amide bonds. The number of hydrogen-bond donors (Lipinski definition) is 4. The highest BCUT2D eigenvalue weighted by Crippen LogP contribution is 2.06. The maximum atomic E-state index is 12.1. The van der Waals surface area contributed by atoms with Gasteiger partial charge in [-0.1, -0.05) is 0 Å². The monoisotopic (exact) mass is 289 g/mol. The Kier molecular flexibility index (Phi) is 3.53. The fourth-order valence-corrected chi connectivity index (χ4v) is 2.42. The Morgan fingerprint density at radius 2 is 2.24 bits per heavy atom. The van der Waals surface area contributed by atoms with Crippen molar-refractivity contribution in [3.05, 3.63) is 38.7 Å². The molecule has 8 nitrogen and oxygen atoms in total. The van der Waals surface area contributed by atoms with Crippen LogP contribution >= 0.6 is 0 Å². The number of pyridine rings is 1. The molecule has 4 N–H and O–H groups in total. The molecule has 1 unspecified atom stereocenters. The second kappa shape index (κ2) is 5.49. The lowest BCUT2D eigenvalue weighted by Gasteiger charge is -2.11. The molecule has 0 spiro atoms. The Morgan fingerprint density at radius 1 is 1.38 bits per heavy atom. The summed E-state index contributed by atoms with van der Waals surface area (Å²) in [6.07, 6.45) is 3.49. The van der Waals surface area contributed by atoms with E-state index in [-0.39, 0.29) is 22.5 Å². The number of carbonyl (C=O) groups excluding carboxylic acids is 1. The van der Waals surface area contributed by atoms with E-state index in [9.17, 15) is 14.4 Å². The first kappa shape index (κ1) is 13.5. The molecular weight excluding hydrogens is 274 g/mol. The third-order valence-corrected chi connectivity index (χ3v) is 3.52. The number of nitrogens with zero attached hydrogens (tertiary/aromatic N) is 1. The topological polar surface area (TPSA) is 120 Å². The highest BCUT2D eigenvalue weighted by Gasteiger charge is 2.16. The zero-order valence-electron chi connectivity index (χ0n) is 11.2. The van der Waals surface area contributed by atoms with Gasteiger partial charge in [0.1, 0.15) is 5.65 Å². The van der Waals surface area contributed by atoms with Gasteiger partial charge in [-0.3, -0.25) is 19.6 Å². The number of nitrogens with one attached hydrogen (secondary N) is 4. The summed E-state index contributed by atoms with van der Waals surface area (Å²) in [6, 6.07) is 1.72. The minimum Gasteiger partial charge on any atom is -0.350 e. The summed E-state index contributed by atoms with van der Waals surface area (Å²) >= 11 is 0. The normalized spacial score (nSPS) is 18.0. The van der Waals surface area contributed by atoms with E-state index in [1.807, 2.05) is 0 Å². The molecule has 1 aliphatic rings. The van der Waals surface area contributed by atoms with Crippen LogP contribution in [0.4, 0.5) is 0 Å². The van der Waals surface area contributed by atoms with Crippen molar-refractivity contribution in [2.24, 2.45) is 0 Å². The van der Waals surface area contributed by atoms with Gasteiger partial charge in [0.05, 0.1) is 10.9 Å². The highest BCUT2D eigenvalue weighted by molar-refractivity contribution is 5.96. The van der Waals surface area contributed by atoms with Gasteiger partial charge in [0, 0.05) is 18.8 Å². The molecule has 21 heavy (non-hydrogen) atoms. The molecule has 1 fully saturated rings. The first-order chi connectivity index (χ1) is 10.1. The van der Waals surface area contributed by atoms with E-state index in [4.69, 9.17) is 0 Å². The quantitative estimate of drug-likeness (QED) is 0.583. The molecule has 8 heteroatoms. The minimum absolute atomic E-state index is 0.165. The number of rotatable bonds is 3. The molecule has 3 heterocycles. The van der Waals surface area contributed by atoms with Crippen molar-refractivity contribution in [1.29, 1.82) is 0 Å². The average Bonchev–Trinajstić information content (AvgIpc) is 2.97. The van der Waals surface area contributed by atoms with Crippen LogP contribution < -0.4 is 21.9 Å². The van der Waals surface area contributed by atoms with Crippen molar-refractivity contribution in [1.82, 2.24) is 25.6 Å². The van der Waals surface area contributed by atoms with Gasteiger partial charge in [-0.15, -0.1) is 0 Å². The van der Waals surface area contributed by atoms with Crippen molar-refractivity contribution in [2.75, 3.05) is 13.1 Å². The predicted octanol–water partition coefficient (Wildman–Crippen LogP) is -0.907. The number of amides is 1. The van der Waals surface area contributed by atoms with Crippen LogP contribution in [-0.2, 0) is 0 Å². The fraction of sp³-hybridized carbons (Fsp3) is 0.385. The van der Waals surface area contributed by atoms with Crippen LogP contribution in [0.5, 0.6) is 0 Å². The molecule has 1 atom stereocenters. The summed E-state index contributed by atoms with van der Waals surface area (Å²) in [7, 11) is 0. The third-order valence-electron chi connectivity index (χ3n) is 3.52. The first-order valence-corrected chi connectivity index (χ1v) is 6.77. The Balaban J connectivity index is 1.81. The minimum atomic E-state index is -0.621. The molecule has 0 bridgehead atoms. The van der Waals surface area contributed by atoms with E-state index in [2.05, 4.69) is 25.6 Å². The Morgan fingerprint density at radius 3 is 3.00 bits per heavy atom. The van der Waals surface area contributed by atoms with Gasteiger partial charge in [-0.2, -0.15) is 0 Å². The number of fused-ring (bicyclic) bond motifs is 1. The summed E-state index contributed by atoms with van der Waals surface area (Å²) in [4.78, 5) is 43.3. The van der Waals surface area contributed by atoms with Crippen molar-refractivity contribution in [3.8, 4) is 0 Å². The van der Waals surface area contributed by atoms with E-state index in [1.54, 1.807) is 0 Å². The summed E-state index contributed by atoms with van der Waals surface area (Å²) in [5.41, 5.74) is -0.728. The smallest absolute Gasteiger partial charge is 0.327 e. The first-order valence-electron chi connectivity index (χ1n) is 6.77. The van der Waals surface area contributed by atoms with E-state index >= 15 is 0 Å². The zero-order chi connectivity index (χ0) is 14.8. The van der Waals surface area contributed by atoms with Crippen molar-refractivity contribution < 1.29 is 4.79 Å². The fourth-order valence-electron chi connectivity index (χ4n) is 2.42. The molecule has 0 aliphatic carbocycles. The van der Waals surface area contributed by atoms with Gasteiger partial charge < -0.3 is 10.6 Å².